The van der Waals surface area contributed by atoms with Gasteiger partial charge in [0.1, 0.15) is 0 Å². The summed E-state index contributed by atoms with van der Waals surface area (Å²) in [6.45, 7) is 2.93. The van der Waals surface area contributed by atoms with E-state index in [0.717, 1.165) is 6.54 Å². The van der Waals surface area contributed by atoms with E-state index in [4.69, 9.17) is 5.73 Å². The van der Waals surface area contributed by atoms with Crippen molar-refractivity contribution in [3.8, 4) is 0 Å². The summed E-state index contributed by atoms with van der Waals surface area (Å²) in [7, 11) is 0. The summed E-state index contributed by atoms with van der Waals surface area (Å²) in [4.78, 5) is 0. The topological polar surface area (TPSA) is 30.9 Å². The normalized spacial score (nSPS) is 13.0. The second-order valence-electron chi connectivity index (χ2n) is 4.66. The molecule has 1 unspecified atom stereocenters. The van der Waals surface area contributed by atoms with E-state index in [0.29, 0.717) is 0 Å². The minimum Gasteiger partial charge on any atom is -0.350 e. The van der Waals surface area contributed by atoms with Crippen molar-refractivity contribution in [3.05, 3.63) is 59.2 Å². The highest BCUT2D eigenvalue weighted by molar-refractivity contribution is 7.17. The van der Waals surface area contributed by atoms with Crippen molar-refractivity contribution in [2.24, 2.45) is 5.73 Å². The van der Waals surface area contributed by atoms with Crippen LogP contribution in [0.5, 0.6) is 0 Å². The van der Waals surface area contributed by atoms with Gasteiger partial charge in [-0.3, -0.25) is 0 Å². The number of aromatic nitrogens is 1. The lowest BCUT2D eigenvalue weighted by molar-refractivity contribution is 0.782. The number of fused-ring (bicyclic) bond motifs is 1. The molecular weight excluding hydrogens is 240 g/mol. The van der Waals surface area contributed by atoms with Gasteiger partial charge in [-0.15, -0.1) is 11.3 Å². The van der Waals surface area contributed by atoms with Gasteiger partial charge in [0.25, 0.3) is 0 Å². The van der Waals surface area contributed by atoms with Gasteiger partial charge in [-0.25, -0.2) is 0 Å². The number of nitrogens with zero attached hydrogens (tertiary/aromatic N) is 1. The molecule has 0 fully saturated rings. The first-order chi connectivity index (χ1) is 8.74. The van der Waals surface area contributed by atoms with E-state index < -0.39 is 0 Å². The number of benzene rings is 1. The third-order valence-corrected chi connectivity index (χ3v) is 4.23. The molecule has 0 radical (unpaired) electrons. The van der Waals surface area contributed by atoms with E-state index >= 15 is 0 Å². The van der Waals surface area contributed by atoms with Crippen molar-refractivity contribution in [3.63, 3.8) is 0 Å². The Hall–Kier alpha value is -1.58. The Morgan fingerprint density at radius 1 is 1.28 bits per heavy atom. The maximum absolute atomic E-state index is 5.88. The summed E-state index contributed by atoms with van der Waals surface area (Å²) in [6.07, 6.45) is 4.24. The highest BCUT2D eigenvalue weighted by atomic mass is 32.1. The summed E-state index contributed by atoms with van der Waals surface area (Å²) < 4.78 is 3.56. The monoisotopic (exact) mass is 256 g/mol. The van der Waals surface area contributed by atoms with Crippen molar-refractivity contribution in [2.45, 2.75) is 19.5 Å². The molecule has 0 aliphatic rings. The fourth-order valence-corrected chi connectivity index (χ4v) is 3.13. The van der Waals surface area contributed by atoms with Crippen LogP contribution in [0.2, 0.25) is 0 Å². The lowest BCUT2D eigenvalue weighted by Crippen LogP contribution is -2.03. The van der Waals surface area contributed by atoms with Gasteiger partial charge in [0.05, 0.1) is 0 Å². The molecule has 0 spiro atoms. The zero-order valence-corrected chi connectivity index (χ0v) is 11.2. The molecule has 2 aromatic heterocycles. The summed E-state index contributed by atoms with van der Waals surface area (Å²) in [5.74, 6) is 0. The second-order valence-corrected chi connectivity index (χ2v) is 5.57. The molecule has 3 rings (SSSR count). The molecule has 0 aliphatic heterocycles. The molecule has 0 saturated heterocycles. The molecule has 2 N–H and O–H groups in total. The summed E-state index contributed by atoms with van der Waals surface area (Å²) in [5, 5.41) is 3.61. The van der Waals surface area contributed by atoms with Crippen LogP contribution in [0.4, 0.5) is 0 Å². The van der Waals surface area contributed by atoms with Crippen LogP contribution in [-0.2, 0) is 6.54 Å². The van der Waals surface area contributed by atoms with Gasteiger partial charge < -0.3 is 10.3 Å². The lowest BCUT2D eigenvalue weighted by Gasteiger charge is -2.03. The van der Waals surface area contributed by atoms with Crippen LogP contribution >= 0.6 is 11.3 Å². The molecule has 1 atom stereocenters. The van der Waals surface area contributed by atoms with Crippen LogP contribution in [0.15, 0.2) is 48.1 Å². The van der Waals surface area contributed by atoms with E-state index in [1.54, 1.807) is 0 Å². The molecule has 92 valence electrons. The third kappa shape index (κ3) is 2.07. The number of hydrogen-bond donors (Lipinski definition) is 1. The maximum Gasteiger partial charge on any atom is 0.0484 e. The van der Waals surface area contributed by atoms with Gasteiger partial charge >= 0.3 is 0 Å². The smallest absolute Gasteiger partial charge is 0.0484 e. The molecular formula is C15H16N2S. The molecule has 0 saturated carbocycles. The fraction of sp³-hybridized carbons (Fsp3) is 0.200. The number of thiophene rings is 1. The van der Waals surface area contributed by atoms with Crippen LogP contribution in [0.1, 0.15) is 24.1 Å². The van der Waals surface area contributed by atoms with E-state index in [2.05, 4.69) is 52.7 Å². The van der Waals surface area contributed by atoms with Crippen molar-refractivity contribution in [2.75, 3.05) is 0 Å². The maximum atomic E-state index is 5.88. The van der Waals surface area contributed by atoms with Crippen molar-refractivity contribution in [1.29, 1.82) is 0 Å². The highest BCUT2D eigenvalue weighted by Crippen LogP contribution is 2.26. The third-order valence-electron chi connectivity index (χ3n) is 3.21. The molecule has 1 aromatic carbocycles. The second kappa shape index (κ2) is 4.59. The first kappa shape index (κ1) is 11.5. The van der Waals surface area contributed by atoms with Gasteiger partial charge in [0.2, 0.25) is 0 Å². The predicted octanol–water partition coefficient (Wildman–Crippen LogP) is 3.77. The molecule has 3 aromatic rings. The SMILES string of the molecule is CC(N)c1ccn(Cc2csc3ccccc23)c1. The molecule has 3 heteroatoms. The lowest BCUT2D eigenvalue weighted by atomic mass is 10.2. The van der Waals surface area contributed by atoms with E-state index in [1.165, 1.54) is 21.2 Å². The standard InChI is InChI=1S/C15H16N2S/c1-11(16)12-6-7-17(8-12)9-13-10-18-15-5-3-2-4-14(13)15/h2-8,10-11H,9,16H2,1H3. The number of nitrogens with two attached hydrogens (primary N) is 1. The molecule has 0 amide bonds. The van der Waals surface area contributed by atoms with Gasteiger partial charge in [0.15, 0.2) is 0 Å². The van der Waals surface area contributed by atoms with Crippen molar-refractivity contribution < 1.29 is 0 Å². The Kier molecular flexibility index (Phi) is 2.94. The van der Waals surface area contributed by atoms with Gasteiger partial charge in [-0.05, 0) is 40.9 Å². The zero-order valence-electron chi connectivity index (χ0n) is 10.3. The quantitative estimate of drug-likeness (QED) is 0.759. The molecule has 0 aliphatic carbocycles. The Morgan fingerprint density at radius 3 is 2.89 bits per heavy atom. The Bertz CT molecular complexity index is 664. The van der Waals surface area contributed by atoms with Crippen LogP contribution in [0, 0.1) is 0 Å². The van der Waals surface area contributed by atoms with Gasteiger partial charge in [-0.2, -0.15) is 0 Å². The van der Waals surface area contributed by atoms with Crippen LogP contribution in [-0.4, -0.2) is 4.57 Å². The van der Waals surface area contributed by atoms with Gasteiger partial charge in [-0.1, -0.05) is 18.2 Å². The first-order valence-electron chi connectivity index (χ1n) is 6.10. The largest absolute Gasteiger partial charge is 0.350 e. The molecule has 2 nitrogen and oxygen atoms in total. The molecule has 18 heavy (non-hydrogen) atoms. The van der Waals surface area contributed by atoms with Crippen LogP contribution in [0.25, 0.3) is 10.1 Å². The van der Waals surface area contributed by atoms with Crippen molar-refractivity contribution >= 4 is 21.4 Å². The Balaban J connectivity index is 1.91. The number of rotatable bonds is 3. The highest BCUT2D eigenvalue weighted by Gasteiger charge is 2.05. The minimum atomic E-state index is 0.102. The average molecular weight is 256 g/mol. The first-order valence-corrected chi connectivity index (χ1v) is 6.98. The Morgan fingerprint density at radius 2 is 2.11 bits per heavy atom. The summed E-state index contributed by atoms with van der Waals surface area (Å²) in [6, 6.07) is 10.8. The van der Waals surface area contributed by atoms with Crippen LogP contribution < -0.4 is 5.73 Å². The van der Waals surface area contributed by atoms with E-state index in [9.17, 15) is 0 Å². The number of hydrogen-bond acceptors (Lipinski definition) is 2. The average Bonchev–Trinajstić information content (AvgIpc) is 2.98. The zero-order chi connectivity index (χ0) is 12.5. The molecule has 2 heterocycles. The predicted molar refractivity (Wildman–Crippen MR) is 78.0 cm³/mol. The van der Waals surface area contributed by atoms with Crippen LogP contribution in [0.3, 0.4) is 0 Å². The van der Waals surface area contributed by atoms with E-state index in [-0.39, 0.29) is 6.04 Å². The fourth-order valence-electron chi connectivity index (χ4n) is 2.18. The van der Waals surface area contributed by atoms with Gasteiger partial charge in [0, 0.05) is 29.7 Å². The Labute approximate surface area is 111 Å². The molecule has 0 bridgehead atoms. The minimum absolute atomic E-state index is 0.102. The van der Waals surface area contributed by atoms with E-state index in [1.807, 2.05) is 18.3 Å². The summed E-state index contributed by atoms with van der Waals surface area (Å²) in [5.41, 5.74) is 8.45. The van der Waals surface area contributed by atoms with Crippen molar-refractivity contribution in [1.82, 2.24) is 4.57 Å². The summed E-state index contributed by atoms with van der Waals surface area (Å²) >= 11 is 1.81.